The first kappa shape index (κ1) is 11.6. The summed E-state index contributed by atoms with van der Waals surface area (Å²) in [7, 11) is 0. The SMILES string of the molecule is CC(=O)c1cnc(NC(=O)C2CSCN2)s1. The number of anilines is 1. The van der Waals surface area contributed by atoms with Crippen molar-refractivity contribution in [3.63, 3.8) is 0 Å². The van der Waals surface area contributed by atoms with Gasteiger partial charge in [0.1, 0.15) is 0 Å². The van der Waals surface area contributed by atoms with Crippen molar-refractivity contribution in [1.29, 1.82) is 0 Å². The lowest BCUT2D eigenvalue weighted by Crippen LogP contribution is -2.37. The number of thiazole rings is 1. The highest BCUT2D eigenvalue weighted by atomic mass is 32.2. The van der Waals surface area contributed by atoms with E-state index in [0.717, 1.165) is 11.6 Å². The van der Waals surface area contributed by atoms with Crippen LogP contribution in [0.1, 0.15) is 16.6 Å². The molecule has 0 bridgehead atoms. The first-order valence-electron chi connectivity index (χ1n) is 4.75. The standard InChI is InChI=1S/C9H11N3O2S2/c1-5(13)7-2-10-9(16-7)12-8(14)6-3-15-4-11-6/h2,6,11H,3-4H2,1H3,(H,10,12,14). The van der Waals surface area contributed by atoms with E-state index >= 15 is 0 Å². The van der Waals surface area contributed by atoms with Gasteiger partial charge in [0.05, 0.1) is 17.1 Å². The van der Waals surface area contributed by atoms with Crippen LogP contribution in [0.3, 0.4) is 0 Å². The quantitative estimate of drug-likeness (QED) is 0.789. The van der Waals surface area contributed by atoms with E-state index in [4.69, 9.17) is 0 Å². The Labute approximate surface area is 101 Å². The van der Waals surface area contributed by atoms with Crippen LogP contribution in [0.15, 0.2) is 6.20 Å². The Hall–Kier alpha value is -0.920. The van der Waals surface area contributed by atoms with Crippen molar-refractivity contribution in [3.8, 4) is 0 Å². The van der Waals surface area contributed by atoms with E-state index in [1.807, 2.05) is 0 Å². The van der Waals surface area contributed by atoms with Gasteiger partial charge < -0.3 is 5.32 Å². The topological polar surface area (TPSA) is 71.1 Å². The molecule has 1 fully saturated rings. The van der Waals surface area contributed by atoms with Crippen LogP contribution in [0.4, 0.5) is 5.13 Å². The maximum absolute atomic E-state index is 11.7. The largest absolute Gasteiger partial charge is 0.301 e. The molecular formula is C9H11N3O2S2. The Kier molecular flexibility index (Phi) is 3.57. The minimum absolute atomic E-state index is 0.0347. The molecule has 2 N–H and O–H groups in total. The lowest BCUT2D eigenvalue weighted by Gasteiger charge is -2.07. The number of hydrogen-bond acceptors (Lipinski definition) is 6. The average Bonchev–Trinajstić information content (AvgIpc) is 2.87. The van der Waals surface area contributed by atoms with Crippen LogP contribution < -0.4 is 10.6 Å². The van der Waals surface area contributed by atoms with E-state index in [1.165, 1.54) is 24.5 Å². The van der Waals surface area contributed by atoms with Gasteiger partial charge in [-0.2, -0.15) is 0 Å². The molecule has 0 aliphatic carbocycles. The molecule has 0 radical (unpaired) electrons. The van der Waals surface area contributed by atoms with E-state index in [2.05, 4.69) is 15.6 Å². The minimum Gasteiger partial charge on any atom is -0.301 e. The molecule has 86 valence electrons. The summed E-state index contributed by atoms with van der Waals surface area (Å²) in [6, 6.07) is -0.158. The van der Waals surface area contributed by atoms with Gasteiger partial charge in [-0.05, 0) is 0 Å². The molecule has 2 rings (SSSR count). The number of amides is 1. The summed E-state index contributed by atoms with van der Waals surface area (Å²) in [5, 5.41) is 6.25. The molecule has 2 heterocycles. The molecule has 1 aliphatic heterocycles. The molecule has 0 spiro atoms. The molecular weight excluding hydrogens is 246 g/mol. The van der Waals surface area contributed by atoms with Gasteiger partial charge in [-0.15, -0.1) is 11.8 Å². The predicted molar refractivity (Wildman–Crippen MR) is 65.0 cm³/mol. The number of carbonyl (C=O) groups is 2. The van der Waals surface area contributed by atoms with Crippen LogP contribution in [-0.4, -0.2) is 34.3 Å². The Morgan fingerprint density at radius 1 is 1.62 bits per heavy atom. The number of ketones is 1. The molecule has 1 atom stereocenters. The fourth-order valence-electron chi connectivity index (χ4n) is 1.25. The molecule has 16 heavy (non-hydrogen) atoms. The zero-order valence-electron chi connectivity index (χ0n) is 8.65. The van der Waals surface area contributed by atoms with Crippen molar-refractivity contribution in [2.24, 2.45) is 0 Å². The number of Topliss-reactive ketones (excluding diaryl/α,β-unsaturated/α-hetero) is 1. The summed E-state index contributed by atoms with van der Waals surface area (Å²) >= 11 is 2.89. The third-order valence-electron chi connectivity index (χ3n) is 2.12. The number of thioether (sulfide) groups is 1. The summed E-state index contributed by atoms with van der Waals surface area (Å²) < 4.78 is 0. The summed E-state index contributed by atoms with van der Waals surface area (Å²) in [5.74, 6) is 1.45. The van der Waals surface area contributed by atoms with Crippen molar-refractivity contribution in [2.75, 3.05) is 16.9 Å². The molecule has 1 saturated heterocycles. The molecule has 1 unspecified atom stereocenters. The third-order valence-corrected chi connectivity index (χ3v) is 4.07. The summed E-state index contributed by atoms with van der Waals surface area (Å²) in [4.78, 5) is 27.3. The van der Waals surface area contributed by atoms with E-state index in [1.54, 1.807) is 11.8 Å². The van der Waals surface area contributed by atoms with Gasteiger partial charge >= 0.3 is 0 Å². The summed E-state index contributed by atoms with van der Waals surface area (Å²) in [6.07, 6.45) is 1.49. The highest BCUT2D eigenvalue weighted by molar-refractivity contribution is 7.99. The number of nitrogens with zero attached hydrogens (tertiary/aromatic N) is 1. The van der Waals surface area contributed by atoms with Gasteiger partial charge in [-0.1, -0.05) is 11.3 Å². The van der Waals surface area contributed by atoms with Crippen LogP contribution in [0.25, 0.3) is 0 Å². The van der Waals surface area contributed by atoms with E-state index < -0.39 is 0 Å². The number of hydrogen-bond donors (Lipinski definition) is 2. The van der Waals surface area contributed by atoms with Crippen LogP contribution in [0.5, 0.6) is 0 Å². The minimum atomic E-state index is -0.158. The first-order chi connectivity index (χ1) is 7.66. The molecule has 1 aliphatic rings. The average molecular weight is 257 g/mol. The molecule has 1 aromatic rings. The van der Waals surface area contributed by atoms with Crippen molar-refractivity contribution in [2.45, 2.75) is 13.0 Å². The Morgan fingerprint density at radius 2 is 2.44 bits per heavy atom. The van der Waals surface area contributed by atoms with Crippen molar-refractivity contribution in [1.82, 2.24) is 10.3 Å². The zero-order chi connectivity index (χ0) is 11.5. The molecule has 7 heteroatoms. The van der Waals surface area contributed by atoms with Crippen LogP contribution >= 0.6 is 23.1 Å². The smallest absolute Gasteiger partial charge is 0.244 e. The van der Waals surface area contributed by atoms with E-state index in [9.17, 15) is 9.59 Å². The Bertz CT molecular complexity index is 413. The lowest BCUT2D eigenvalue weighted by molar-refractivity contribution is -0.117. The van der Waals surface area contributed by atoms with Gasteiger partial charge in [0, 0.05) is 18.6 Å². The van der Waals surface area contributed by atoms with Crippen LogP contribution in [0.2, 0.25) is 0 Å². The molecule has 0 aromatic carbocycles. The highest BCUT2D eigenvalue weighted by Gasteiger charge is 2.23. The lowest BCUT2D eigenvalue weighted by atomic mass is 10.3. The third kappa shape index (κ3) is 2.60. The van der Waals surface area contributed by atoms with Gasteiger partial charge in [0.25, 0.3) is 0 Å². The maximum atomic E-state index is 11.7. The predicted octanol–water partition coefficient (Wildman–Crippen LogP) is 0.947. The van der Waals surface area contributed by atoms with Crippen molar-refractivity contribution in [3.05, 3.63) is 11.1 Å². The second-order valence-electron chi connectivity index (χ2n) is 3.35. The molecule has 1 aromatic heterocycles. The van der Waals surface area contributed by atoms with Crippen molar-refractivity contribution >= 4 is 39.9 Å². The molecule has 5 nitrogen and oxygen atoms in total. The summed E-state index contributed by atoms with van der Waals surface area (Å²) in [5.41, 5.74) is 0. The number of nitrogens with one attached hydrogen (secondary N) is 2. The van der Waals surface area contributed by atoms with E-state index in [0.29, 0.717) is 10.0 Å². The number of carbonyl (C=O) groups excluding carboxylic acids is 2. The van der Waals surface area contributed by atoms with Gasteiger partial charge in [-0.3, -0.25) is 14.9 Å². The zero-order valence-corrected chi connectivity index (χ0v) is 10.3. The fraction of sp³-hybridized carbons (Fsp3) is 0.444. The Balaban J connectivity index is 1.97. The number of aromatic nitrogens is 1. The van der Waals surface area contributed by atoms with Crippen LogP contribution in [-0.2, 0) is 4.79 Å². The van der Waals surface area contributed by atoms with Gasteiger partial charge in [-0.25, -0.2) is 4.98 Å². The second kappa shape index (κ2) is 4.94. The van der Waals surface area contributed by atoms with Crippen molar-refractivity contribution < 1.29 is 9.59 Å². The van der Waals surface area contributed by atoms with Gasteiger partial charge in [0.2, 0.25) is 5.91 Å². The fourth-order valence-corrected chi connectivity index (χ4v) is 2.91. The highest BCUT2D eigenvalue weighted by Crippen LogP contribution is 2.19. The maximum Gasteiger partial charge on any atom is 0.244 e. The Morgan fingerprint density at radius 3 is 3.00 bits per heavy atom. The monoisotopic (exact) mass is 257 g/mol. The van der Waals surface area contributed by atoms with E-state index in [-0.39, 0.29) is 17.7 Å². The molecule has 1 amide bonds. The van der Waals surface area contributed by atoms with Crippen LogP contribution in [0, 0.1) is 0 Å². The molecule has 0 saturated carbocycles. The summed E-state index contributed by atoms with van der Waals surface area (Å²) in [6.45, 7) is 1.48. The number of rotatable bonds is 3. The first-order valence-corrected chi connectivity index (χ1v) is 6.72. The second-order valence-corrected chi connectivity index (χ2v) is 5.41. The van der Waals surface area contributed by atoms with Gasteiger partial charge in [0.15, 0.2) is 10.9 Å². The normalized spacial score (nSPS) is 19.7.